The van der Waals surface area contributed by atoms with E-state index in [4.69, 9.17) is 5.14 Å². The summed E-state index contributed by atoms with van der Waals surface area (Å²) in [5.41, 5.74) is 0.950. The third kappa shape index (κ3) is 3.94. The van der Waals surface area contributed by atoms with E-state index in [-0.39, 0.29) is 4.90 Å². The summed E-state index contributed by atoms with van der Waals surface area (Å²) >= 11 is 0. The van der Waals surface area contributed by atoms with Gasteiger partial charge in [0.05, 0.1) is 4.90 Å². The molecule has 1 aliphatic carbocycles. The van der Waals surface area contributed by atoms with E-state index in [1.807, 2.05) is 0 Å². The minimum atomic E-state index is -3.60. The summed E-state index contributed by atoms with van der Waals surface area (Å²) in [4.78, 5) is 0.156. The molecular weight excluding hydrogens is 260 g/mol. The number of sulfonamides is 1. The van der Waals surface area contributed by atoms with Crippen molar-refractivity contribution in [3.05, 3.63) is 24.3 Å². The predicted octanol–water partition coefficient (Wildman–Crippen LogP) is 2.71. The van der Waals surface area contributed by atoms with Gasteiger partial charge in [-0.05, 0) is 49.9 Å². The van der Waals surface area contributed by atoms with E-state index in [1.54, 1.807) is 24.3 Å². The van der Waals surface area contributed by atoms with Crippen molar-refractivity contribution in [2.24, 2.45) is 11.1 Å². The number of hydrogen-bond donors (Lipinski definition) is 2. The summed E-state index contributed by atoms with van der Waals surface area (Å²) in [6.45, 7) is 2.20. The molecule has 1 aromatic carbocycles. The highest BCUT2D eigenvalue weighted by atomic mass is 32.2. The Bertz CT molecular complexity index is 505. The summed E-state index contributed by atoms with van der Waals surface area (Å²) in [7, 11) is -3.60. The van der Waals surface area contributed by atoms with Gasteiger partial charge >= 0.3 is 0 Å². The highest BCUT2D eigenvalue weighted by Crippen LogP contribution is 2.28. The van der Waals surface area contributed by atoms with Gasteiger partial charge in [0, 0.05) is 11.7 Å². The van der Waals surface area contributed by atoms with Gasteiger partial charge in [0.2, 0.25) is 10.0 Å². The lowest BCUT2D eigenvalue weighted by atomic mass is 9.84. The van der Waals surface area contributed by atoms with Crippen molar-refractivity contribution < 1.29 is 8.42 Å². The summed E-state index contributed by atoms with van der Waals surface area (Å²) < 4.78 is 22.3. The lowest BCUT2D eigenvalue weighted by Gasteiger charge is -2.29. The third-order valence-electron chi connectivity index (χ3n) is 3.93. The molecule has 0 bridgehead atoms. The van der Waals surface area contributed by atoms with Crippen molar-refractivity contribution in [3.8, 4) is 0 Å². The van der Waals surface area contributed by atoms with Gasteiger partial charge in [-0.2, -0.15) is 0 Å². The minimum absolute atomic E-state index is 0.156. The first-order valence-corrected chi connectivity index (χ1v) is 8.41. The van der Waals surface area contributed by atoms with E-state index in [1.165, 1.54) is 32.1 Å². The van der Waals surface area contributed by atoms with Gasteiger partial charge < -0.3 is 5.32 Å². The van der Waals surface area contributed by atoms with Crippen LogP contribution in [0.25, 0.3) is 0 Å². The molecule has 0 radical (unpaired) electrons. The normalized spacial score (nSPS) is 19.1. The molecule has 0 aromatic heterocycles. The number of hydrogen-bond acceptors (Lipinski definition) is 3. The maximum atomic E-state index is 11.2. The van der Waals surface area contributed by atoms with Crippen molar-refractivity contribution in [3.63, 3.8) is 0 Å². The summed E-state index contributed by atoms with van der Waals surface area (Å²) in [6.07, 6.45) is 6.56. The number of rotatable bonds is 4. The molecule has 1 saturated carbocycles. The molecule has 106 valence electrons. The van der Waals surface area contributed by atoms with Gasteiger partial charge in [-0.15, -0.1) is 0 Å². The van der Waals surface area contributed by atoms with Crippen LogP contribution in [0.4, 0.5) is 5.69 Å². The Morgan fingerprint density at radius 3 is 2.26 bits per heavy atom. The molecule has 1 aliphatic rings. The largest absolute Gasteiger partial charge is 0.382 e. The number of nitrogens with two attached hydrogens (primary N) is 1. The van der Waals surface area contributed by atoms with Gasteiger partial charge in [-0.1, -0.05) is 19.3 Å². The SMILES string of the molecule is CC(Nc1ccc(S(N)(=O)=O)cc1)C1CCCCC1. The van der Waals surface area contributed by atoms with Crippen LogP contribution in [0.2, 0.25) is 0 Å². The zero-order valence-electron chi connectivity index (χ0n) is 11.3. The molecule has 0 amide bonds. The number of primary sulfonamides is 1. The fraction of sp³-hybridized carbons (Fsp3) is 0.571. The van der Waals surface area contributed by atoms with E-state index >= 15 is 0 Å². The van der Waals surface area contributed by atoms with Gasteiger partial charge in [-0.3, -0.25) is 0 Å². The van der Waals surface area contributed by atoms with E-state index in [0.717, 1.165) is 5.69 Å². The van der Waals surface area contributed by atoms with Crippen LogP contribution in [0.5, 0.6) is 0 Å². The van der Waals surface area contributed by atoms with Crippen molar-refractivity contribution in [1.29, 1.82) is 0 Å². The minimum Gasteiger partial charge on any atom is -0.382 e. The van der Waals surface area contributed by atoms with Crippen LogP contribution in [0.15, 0.2) is 29.2 Å². The van der Waals surface area contributed by atoms with E-state index in [0.29, 0.717) is 12.0 Å². The molecule has 1 unspecified atom stereocenters. The molecule has 2 rings (SSSR count). The second-order valence-electron chi connectivity index (χ2n) is 5.40. The highest BCUT2D eigenvalue weighted by Gasteiger charge is 2.19. The Morgan fingerprint density at radius 2 is 1.74 bits per heavy atom. The Labute approximate surface area is 115 Å². The Hall–Kier alpha value is -1.07. The first-order valence-electron chi connectivity index (χ1n) is 6.86. The fourth-order valence-electron chi connectivity index (χ4n) is 2.76. The molecule has 19 heavy (non-hydrogen) atoms. The Balaban J connectivity index is 1.99. The van der Waals surface area contributed by atoms with Gasteiger partial charge in [0.25, 0.3) is 0 Å². The number of benzene rings is 1. The van der Waals surface area contributed by atoms with E-state index < -0.39 is 10.0 Å². The Kier molecular flexibility index (Phi) is 4.47. The maximum absolute atomic E-state index is 11.2. The molecule has 1 atom stereocenters. The predicted molar refractivity (Wildman–Crippen MR) is 77.5 cm³/mol. The van der Waals surface area contributed by atoms with Crippen LogP contribution < -0.4 is 10.5 Å². The van der Waals surface area contributed by atoms with E-state index in [2.05, 4.69) is 12.2 Å². The Morgan fingerprint density at radius 1 is 1.16 bits per heavy atom. The molecule has 0 heterocycles. The van der Waals surface area contributed by atoms with Crippen LogP contribution in [-0.2, 0) is 10.0 Å². The average molecular weight is 282 g/mol. The molecule has 0 spiro atoms. The van der Waals surface area contributed by atoms with E-state index in [9.17, 15) is 8.42 Å². The average Bonchev–Trinajstić information content (AvgIpc) is 2.39. The van der Waals surface area contributed by atoms with Crippen molar-refractivity contribution >= 4 is 15.7 Å². The molecule has 1 fully saturated rings. The molecule has 1 aromatic rings. The van der Waals surface area contributed by atoms with Crippen LogP contribution in [0.1, 0.15) is 39.0 Å². The summed E-state index contributed by atoms with van der Waals surface area (Å²) in [6, 6.07) is 7.06. The quantitative estimate of drug-likeness (QED) is 0.892. The molecule has 0 aliphatic heterocycles. The molecular formula is C14H22N2O2S. The van der Waals surface area contributed by atoms with Gasteiger partial charge in [0.15, 0.2) is 0 Å². The van der Waals surface area contributed by atoms with Crippen molar-refractivity contribution in [2.75, 3.05) is 5.32 Å². The lowest BCUT2D eigenvalue weighted by molar-refractivity contribution is 0.328. The molecule has 0 saturated heterocycles. The monoisotopic (exact) mass is 282 g/mol. The molecule has 3 N–H and O–H groups in total. The summed E-state index contributed by atoms with van der Waals surface area (Å²) in [5, 5.41) is 8.53. The smallest absolute Gasteiger partial charge is 0.238 e. The standard InChI is InChI=1S/C14H22N2O2S/c1-11(12-5-3-2-4-6-12)16-13-7-9-14(10-8-13)19(15,17)18/h7-12,16H,2-6H2,1H3,(H2,15,17,18). The van der Waals surface area contributed by atoms with Crippen LogP contribution >= 0.6 is 0 Å². The first-order chi connectivity index (χ1) is 8.97. The fourth-order valence-corrected chi connectivity index (χ4v) is 3.27. The van der Waals surface area contributed by atoms with Crippen molar-refractivity contribution in [1.82, 2.24) is 0 Å². The van der Waals surface area contributed by atoms with Crippen LogP contribution in [-0.4, -0.2) is 14.5 Å². The second kappa shape index (κ2) is 5.92. The maximum Gasteiger partial charge on any atom is 0.238 e. The third-order valence-corrected chi connectivity index (χ3v) is 4.86. The van der Waals surface area contributed by atoms with Crippen molar-refractivity contribution in [2.45, 2.75) is 50.0 Å². The number of nitrogens with one attached hydrogen (secondary N) is 1. The van der Waals surface area contributed by atoms with Crippen LogP contribution in [0, 0.1) is 5.92 Å². The molecule has 5 heteroatoms. The first kappa shape index (κ1) is 14.3. The van der Waals surface area contributed by atoms with Crippen LogP contribution in [0.3, 0.4) is 0 Å². The zero-order valence-corrected chi connectivity index (χ0v) is 12.1. The lowest BCUT2D eigenvalue weighted by Crippen LogP contribution is -2.27. The number of anilines is 1. The van der Waals surface area contributed by atoms with Gasteiger partial charge in [0.1, 0.15) is 0 Å². The second-order valence-corrected chi connectivity index (χ2v) is 6.96. The summed E-state index contributed by atoms with van der Waals surface area (Å²) in [5.74, 6) is 0.715. The van der Waals surface area contributed by atoms with Gasteiger partial charge in [-0.25, -0.2) is 13.6 Å². The zero-order chi connectivity index (χ0) is 13.9. The highest BCUT2D eigenvalue weighted by molar-refractivity contribution is 7.89. The molecule has 4 nitrogen and oxygen atoms in total. The topological polar surface area (TPSA) is 72.2 Å².